The van der Waals surface area contributed by atoms with Gasteiger partial charge in [0.1, 0.15) is 12.6 Å². The molecule has 114 valence electrons. The number of hydrogen-bond donors (Lipinski definition) is 2. The van der Waals surface area contributed by atoms with E-state index in [0.29, 0.717) is 13.1 Å². The minimum atomic E-state index is -0.611. The van der Waals surface area contributed by atoms with Crippen LogP contribution in [0.15, 0.2) is 30.3 Å². The van der Waals surface area contributed by atoms with Crippen molar-refractivity contribution in [3.05, 3.63) is 35.9 Å². The molecule has 1 aliphatic heterocycles. The number of hydrogen-bond acceptors (Lipinski definition) is 4. The van der Waals surface area contributed by atoms with E-state index >= 15 is 0 Å². The largest absolute Gasteiger partial charge is 0.369 e. The molecule has 1 aromatic carbocycles. The fourth-order valence-electron chi connectivity index (χ4n) is 2.20. The Morgan fingerprint density at radius 3 is 2.86 bits per heavy atom. The van der Waals surface area contributed by atoms with E-state index in [0.717, 1.165) is 5.56 Å². The van der Waals surface area contributed by atoms with Crippen LogP contribution in [0.25, 0.3) is 0 Å². The zero-order valence-corrected chi connectivity index (χ0v) is 12.1. The maximum absolute atomic E-state index is 12.3. The highest BCUT2D eigenvalue weighted by molar-refractivity contribution is 5.89. The Hall–Kier alpha value is -1.92. The first-order valence-electron chi connectivity index (χ1n) is 7.03. The Morgan fingerprint density at radius 1 is 1.48 bits per heavy atom. The summed E-state index contributed by atoms with van der Waals surface area (Å²) in [5, 5.41) is 2.80. The van der Waals surface area contributed by atoms with Crippen molar-refractivity contribution >= 4 is 11.8 Å². The maximum atomic E-state index is 12.3. The summed E-state index contributed by atoms with van der Waals surface area (Å²) in [5.74, 6) is -0.400. The standard InChI is InChI=1S/C15H21N3O3/c1-11(7-16)17-15(20)13-9-21-10-14(19)18(13)8-12-5-3-2-4-6-12/h2-6,11,13H,7-10,16H2,1H3,(H,17,20)/t11-,13+/m0/s1. The van der Waals surface area contributed by atoms with E-state index in [-0.39, 0.29) is 31.1 Å². The van der Waals surface area contributed by atoms with E-state index in [1.807, 2.05) is 37.3 Å². The molecule has 6 heteroatoms. The summed E-state index contributed by atoms with van der Waals surface area (Å²) in [7, 11) is 0. The number of nitrogens with zero attached hydrogens (tertiary/aromatic N) is 1. The van der Waals surface area contributed by atoms with Crippen LogP contribution in [0.5, 0.6) is 0 Å². The topological polar surface area (TPSA) is 84.7 Å². The van der Waals surface area contributed by atoms with Gasteiger partial charge in [-0.3, -0.25) is 9.59 Å². The third-order valence-corrected chi connectivity index (χ3v) is 3.44. The molecule has 1 fully saturated rings. The number of carbonyl (C=O) groups is 2. The highest BCUT2D eigenvalue weighted by atomic mass is 16.5. The Morgan fingerprint density at radius 2 is 2.19 bits per heavy atom. The smallest absolute Gasteiger partial charge is 0.249 e. The zero-order valence-electron chi connectivity index (χ0n) is 12.1. The molecule has 0 bridgehead atoms. The summed E-state index contributed by atoms with van der Waals surface area (Å²) in [6.07, 6.45) is 0. The monoisotopic (exact) mass is 291 g/mol. The van der Waals surface area contributed by atoms with E-state index in [2.05, 4.69) is 5.32 Å². The molecule has 0 radical (unpaired) electrons. The molecular formula is C15H21N3O3. The molecule has 0 spiro atoms. The number of ether oxygens (including phenoxy) is 1. The lowest BCUT2D eigenvalue weighted by Crippen LogP contribution is -2.57. The predicted octanol–water partition coefficient (Wildman–Crippen LogP) is -0.123. The van der Waals surface area contributed by atoms with E-state index in [1.165, 1.54) is 0 Å². The zero-order chi connectivity index (χ0) is 15.2. The average Bonchev–Trinajstić information content (AvgIpc) is 2.50. The van der Waals surface area contributed by atoms with Crippen LogP contribution < -0.4 is 11.1 Å². The SMILES string of the molecule is C[C@@H](CN)NC(=O)[C@H]1COCC(=O)N1Cc1ccccc1. The molecule has 2 atom stereocenters. The third-order valence-electron chi connectivity index (χ3n) is 3.44. The molecule has 3 N–H and O–H groups in total. The maximum Gasteiger partial charge on any atom is 0.249 e. The van der Waals surface area contributed by atoms with Crippen LogP contribution in [-0.2, 0) is 20.9 Å². The number of nitrogens with one attached hydrogen (secondary N) is 1. The van der Waals surface area contributed by atoms with Crippen LogP contribution >= 0.6 is 0 Å². The van der Waals surface area contributed by atoms with E-state index < -0.39 is 6.04 Å². The first kappa shape index (κ1) is 15.5. The molecule has 0 aromatic heterocycles. The van der Waals surface area contributed by atoms with Gasteiger partial charge in [-0.25, -0.2) is 0 Å². The molecule has 2 amide bonds. The van der Waals surface area contributed by atoms with Crippen molar-refractivity contribution in [3.8, 4) is 0 Å². The number of nitrogens with two attached hydrogens (primary N) is 1. The summed E-state index contributed by atoms with van der Waals surface area (Å²) in [5.41, 5.74) is 6.49. The Kier molecular flexibility index (Phi) is 5.30. The number of rotatable bonds is 5. The highest BCUT2D eigenvalue weighted by Gasteiger charge is 2.34. The van der Waals surface area contributed by atoms with E-state index in [1.54, 1.807) is 4.90 Å². The van der Waals surface area contributed by atoms with E-state index in [4.69, 9.17) is 10.5 Å². The van der Waals surface area contributed by atoms with Crippen molar-refractivity contribution in [2.75, 3.05) is 19.8 Å². The Balaban J connectivity index is 2.09. The lowest BCUT2D eigenvalue weighted by Gasteiger charge is -2.35. The van der Waals surface area contributed by atoms with Gasteiger partial charge in [-0.15, -0.1) is 0 Å². The van der Waals surface area contributed by atoms with Gasteiger partial charge in [-0.05, 0) is 12.5 Å². The van der Waals surface area contributed by atoms with Crippen LogP contribution in [0.1, 0.15) is 12.5 Å². The van der Waals surface area contributed by atoms with Gasteiger partial charge in [0.2, 0.25) is 11.8 Å². The Labute approximate surface area is 124 Å². The lowest BCUT2D eigenvalue weighted by molar-refractivity contribution is -0.155. The summed E-state index contributed by atoms with van der Waals surface area (Å²) in [6.45, 7) is 2.81. The predicted molar refractivity (Wildman–Crippen MR) is 78.3 cm³/mol. The second-order valence-electron chi connectivity index (χ2n) is 5.18. The van der Waals surface area contributed by atoms with Crippen LogP contribution in [0.4, 0.5) is 0 Å². The van der Waals surface area contributed by atoms with Gasteiger partial charge >= 0.3 is 0 Å². The number of benzene rings is 1. The van der Waals surface area contributed by atoms with Crippen LogP contribution in [0, 0.1) is 0 Å². The molecule has 0 unspecified atom stereocenters. The lowest BCUT2D eigenvalue weighted by atomic mass is 10.1. The minimum Gasteiger partial charge on any atom is -0.369 e. The van der Waals surface area contributed by atoms with Crippen LogP contribution in [0.3, 0.4) is 0 Å². The summed E-state index contributed by atoms with van der Waals surface area (Å²) in [4.78, 5) is 25.9. The van der Waals surface area contributed by atoms with Gasteiger partial charge in [0, 0.05) is 19.1 Å². The molecule has 1 heterocycles. The summed E-state index contributed by atoms with van der Waals surface area (Å²) < 4.78 is 5.22. The van der Waals surface area contributed by atoms with Gasteiger partial charge in [0.25, 0.3) is 0 Å². The second kappa shape index (κ2) is 7.19. The molecule has 0 aliphatic carbocycles. The first-order chi connectivity index (χ1) is 10.1. The number of morpholine rings is 1. The first-order valence-corrected chi connectivity index (χ1v) is 7.03. The summed E-state index contributed by atoms with van der Waals surface area (Å²) >= 11 is 0. The minimum absolute atomic E-state index is 0.0169. The third kappa shape index (κ3) is 4.03. The fourth-order valence-corrected chi connectivity index (χ4v) is 2.20. The van der Waals surface area contributed by atoms with Gasteiger partial charge < -0.3 is 20.7 Å². The van der Waals surface area contributed by atoms with Crippen molar-refractivity contribution in [2.24, 2.45) is 5.73 Å². The molecule has 6 nitrogen and oxygen atoms in total. The Bertz CT molecular complexity index is 492. The molecular weight excluding hydrogens is 270 g/mol. The number of carbonyl (C=O) groups excluding carboxylic acids is 2. The van der Waals surface area contributed by atoms with Gasteiger partial charge in [-0.2, -0.15) is 0 Å². The molecule has 1 aromatic rings. The van der Waals surface area contributed by atoms with Crippen molar-refractivity contribution in [1.82, 2.24) is 10.2 Å². The van der Waals surface area contributed by atoms with Crippen molar-refractivity contribution < 1.29 is 14.3 Å². The fraction of sp³-hybridized carbons (Fsp3) is 0.467. The molecule has 0 saturated carbocycles. The highest BCUT2D eigenvalue weighted by Crippen LogP contribution is 2.14. The van der Waals surface area contributed by atoms with E-state index in [9.17, 15) is 9.59 Å². The van der Waals surface area contributed by atoms with Crippen LogP contribution in [-0.4, -0.2) is 48.6 Å². The van der Waals surface area contributed by atoms with Crippen molar-refractivity contribution in [2.45, 2.75) is 25.6 Å². The molecule has 1 aliphatic rings. The van der Waals surface area contributed by atoms with Gasteiger partial charge in [0.15, 0.2) is 0 Å². The van der Waals surface area contributed by atoms with Gasteiger partial charge in [-0.1, -0.05) is 30.3 Å². The molecule has 21 heavy (non-hydrogen) atoms. The molecule has 1 saturated heterocycles. The quantitative estimate of drug-likeness (QED) is 0.792. The second-order valence-corrected chi connectivity index (χ2v) is 5.18. The van der Waals surface area contributed by atoms with Gasteiger partial charge in [0.05, 0.1) is 6.61 Å². The normalized spacial score (nSPS) is 20.2. The van der Waals surface area contributed by atoms with Crippen LogP contribution in [0.2, 0.25) is 0 Å². The summed E-state index contributed by atoms with van der Waals surface area (Å²) in [6, 6.07) is 8.85. The average molecular weight is 291 g/mol. The van der Waals surface area contributed by atoms with Crippen molar-refractivity contribution in [1.29, 1.82) is 0 Å². The molecule has 2 rings (SSSR count). The van der Waals surface area contributed by atoms with Crippen molar-refractivity contribution in [3.63, 3.8) is 0 Å². The number of amides is 2.